The zero-order valence-electron chi connectivity index (χ0n) is 23.8. The Morgan fingerprint density at radius 3 is 2.38 bits per heavy atom. The van der Waals surface area contributed by atoms with Gasteiger partial charge in [0.15, 0.2) is 23.0 Å². The van der Waals surface area contributed by atoms with E-state index in [1.807, 2.05) is 73.7 Å². The average Bonchev–Trinajstić information content (AvgIpc) is 3.29. The van der Waals surface area contributed by atoms with Gasteiger partial charge in [0, 0.05) is 26.2 Å². The van der Waals surface area contributed by atoms with E-state index in [0.29, 0.717) is 56.6 Å². The predicted molar refractivity (Wildman–Crippen MR) is 160 cm³/mol. The third-order valence-electron chi connectivity index (χ3n) is 7.38. The number of allylic oxidation sites excluding steroid dienone is 1. The minimum Gasteiger partial charge on any atom is -0.503 e. The summed E-state index contributed by atoms with van der Waals surface area (Å²) in [4.78, 5) is 30.8. The van der Waals surface area contributed by atoms with Crippen LogP contribution in [0.1, 0.15) is 29.7 Å². The molecule has 1 fully saturated rings. The highest BCUT2D eigenvalue weighted by Gasteiger charge is 2.43. The largest absolute Gasteiger partial charge is 0.503 e. The first kappa shape index (κ1) is 29.1. The van der Waals surface area contributed by atoms with E-state index in [1.165, 1.54) is 6.08 Å². The highest BCUT2D eigenvalue weighted by atomic mass is 16.5. The normalized spacial score (nSPS) is 17.7. The Morgan fingerprint density at radius 1 is 0.952 bits per heavy atom. The molecular formula is C34H36N2O6. The fourth-order valence-corrected chi connectivity index (χ4v) is 5.20. The van der Waals surface area contributed by atoms with Crippen LogP contribution in [0.4, 0.5) is 0 Å². The van der Waals surface area contributed by atoms with E-state index in [0.717, 1.165) is 24.2 Å². The minimum absolute atomic E-state index is 0.0505. The summed E-state index contributed by atoms with van der Waals surface area (Å²) in [5.74, 6) is -0.451. The second kappa shape index (κ2) is 14.0. The lowest BCUT2D eigenvalue weighted by atomic mass is 9.95. The number of aliphatic hydroxyl groups is 1. The third kappa shape index (κ3) is 6.90. The fraction of sp³-hybridized carbons (Fsp3) is 0.294. The lowest BCUT2D eigenvalue weighted by Crippen LogP contribution is -2.43. The summed E-state index contributed by atoms with van der Waals surface area (Å²) in [6, 6.07) is 23.9. The number of carbonyl (C=O) groups is 2. The van der Waals surface area contributed by atoms with Crippen LogP contribution in [0.15, 0.2) is 96.3 Å². The number of benzene rings is 3. The lowest BCUT2D eigenvalue weighted by molar-refractivity contribution is -0.129. The number of hydrogen-bond acceptors (Lipinski definition) is 7. The van der Waals surface area contributed by atoms with Crippen molar-refractivity contribution < 1.29 is 28.9 Å². The molecule has 0 spiro atoms. The van der Waals surface area contributed by atoms with Gasteiger partial charge in [-0.25, -0.2) is 0 Å². The van der Waals surface area contributed by atoms with Crippen molar-refractivity contribution in [3.63, 3.8) is 0 Å². The van der Waals surface area contributed by atoms with Crippen molar-refractivity contribution in [3.05, 3.63) is 113 Å². The molecule has 8 nitrogen and oxygen atoms in total. The maximum Gasteiger partial charge on any atom is 0.290 e. The van der Waals surface area contributed by atoms with Crippen molar-refractivity contribution in [1.29, 1.82) is 0 Å². The van der Waals surface area contributed by atoms with Crippen molar-refractivity contribution >= 4 is 17.8 Å². The second-order valence-electron chi connectivity index (χ2n) is 10.1. The van der Waals surface area contributed by atoms with Crippen molar-refractivity contribution in [1.82, 2.24) is 9.80 Å². The number of rotatable bonds is 12. The van der Waals surface area contributed by atoms with E-state index in [-0.39, 0.29) is 5.57 Å². The third-order valence-corrected chi connectivity index (χ3v) is 7.38. The molecule has 218 valence electrons. The molecule has 2 aliphatic heterocycles. The van der Waals surface area contributed by atoms with Gasteiger partial charge in [-0.1, -0.05) is 72.8 Å². The van der Waals surface area contributed by atoms with Crippen LogP contribution in [0.5, 0.6) is 11.5 Å². The Bertz CT molecular complexity index is 1430. The van der Waals surface area contributed by atoms with Gasteiger partial charge in [0.1, 0.15) is 6.61 Å². The molecule has 0 saturated carbocycles. The van der Waals surface area contributed by atoms with Crippen LogP contribution in [0.2, 0.25) is 0 Å². The van der Waals surface area contributed by atoms with Gasteiger partial charge in [0.05, 0.1) is 31.4 Å². The Labute approximate surface area is 246 Å². The molecule has 2 aliphatic rings. The smallest absolute Gasteiger partial charge is 0.290 e. The molecule has 1 N–H and O–H groups in total. The lowest BCUT2D eigenvalue weighted by Gasteiger charge is -2.31. The summed E-state index contributed by atoms with van der Waals surface area (Å²) in [5.41, 5.74) is 2.57. The van der Waals surface area contributed by atoms with Gasteiger partial charge < -0.3 is 24.2 Å². The molecule has 1 saturated heterocycles. The number of nitrogens with zero attached hydrogens (tertiary/aromatic N) is 2. The SMILES string of the molecule is CCOc1cc(C2C(C(=O)/C=C/c3ccccc3)=C(O)C(=O)N2CCN2CCOCC2)ccc1OCc1ccccc1. The molecule has 0 bridgehead atoms. The summed E-state index contributed by atoms with van der Waals surface area (Å²) < 4.78 is 17.5. The molecule has 5 rings (SSSR count). The number of amides is 1. The highest BCUT2D eigenvalue weighted by Crippen LogP contribution is 2.41. The minimum atomic E-state index is -0.783. The van der Waals surface area contributed by atoms with Crippen LogP contribution in [-0.2, 0) is 20.9 Å². The van der Waals surface area contributed by atoms with Crippen molar-refractivity contribution in [2.24, 2.45) is 0 Å². The topological polar surface area (TPSA) is 88.5 Å². The van der Waals surface area contributed by atoms with Crippen LogP contribution >= 0.6 is 0 Å². The first-order valence-corrected chi connectivity index (χ1v) is 14.3. The molecule has 0 radical (unpaired) electrons. The maximum absolute atomic E-state index is 13.6. The Hall–Kier alpha value is -4.40. The van der Waals surface area contributed by atoms with E-state index in [1.54, 1.807) is 23.1 Å². The van der Waals surface area contributed by atoms with Gasteiger partial charge in [0.2, 0.25) is 0 Å². The molecule has 3 aromatic carbocycles. The summed E-state index contributed by atoms with van der Waals surface area (Å²) in [7, 11) is 0. The first-order chi connectivity index (χ1) is 20.5. The quantitative estimate of drug-likeness (QED) is 0.309. The van der Waals surface area contributed by atoms with E-state index in [9.17, 15) is 14.7 Å². The van der Waals surface area contributed by atoms with Gasteiger partial charge in [-0.15, -0.1) is 0 Å². The molecule has 2 heterocycles. The maximum atomic E-state index is 13.6. The monoisotopic (exact) mass is 568 g/mol. The number of morpholine rings is 1. The molecular weight excluding hydrogens is 532 g/mol. The van der Waals surface area contributed by atoms with E-state index in [2.05, 4.69) is 4.90 Å². The van der Waals surface area contributed by atoms with Gasteiger partial charge >= 0.3 is 0 Å². The number of aliphatic hydroxyl groups excluding tert-OH is 1. The average molecular weight is 569 g/mol. The fourth-order valence-electron chi connectivity index (χ4n) is 5.20. The zero-order chi connectivity index (χ0) is 29.3. The van der Waals surface area contributed by atoms with E-state index in [4.69, 9.17) is 14.2 Å². The van der Waals surface area contributed by atoms with Crippen molar-refractivity contribution in [2.75, 3.05) is 46.0 Å². The van der Waals surface area contributed by atoms with Gasteiger partial charge in [0.25, 0.3) is 5.91 Å². The van der Waals surface area contributed by atoms with Crippen molar-refractivity contribution in [3.8, 4) is 11.5 Å². The Balaban J connectivity index is 1.46. The van der Waals surface area contributed by atoms with Crippen LogP contribution in [0.25, 0.3) is 6.08 Å². The molecule has 42 heavy (non-hydrogen) atoms. The molecule has 1 atom stereocenters. The highest BCUT2D eigenvalue weighted by molar-refractivity contribution is 6.14. The molecule has 1 unspecified atom stereocenters. The van der Waals surface area contributed by atoms with Crippen LogP contribution < -0.4 is 9.47 Å². The summed E-state index contributed by atoms with van der Waals surface area (Å²) in [6.45, 7) is 6.38. The van der Waals surface area contributed by atoms with Crippen LogP contribution in [0.3, 0.4) is 0 Å². The summed E-state index contributed by atoms with van der Waals surface area (Å²) >= 11 is 0. The second-order valence-corrected chi connectivity index (χ2v) is 10.1. The number of carbonyl (C=O) groups excluding carboxylic acids is 2. The van der Waals surface area contributed by atoms with Crippen LogP contribution in [-0.4, -0.2) is 72.6 Å². The summed E-state index contributed by atoms with van der Waals surface area (Å²) in [6.07, 6.45) is 3.10. The van der Waals surface area contributed by atoms with Gasteiger partial charge in [-0.2, -0.15) is 0 Å². The molecule has 0 aliphatic carbocycles. The predicted octanol–water partition coefficient (Wildman–Crippen LogP) is 4.97. The van der Waals surface area contributed by atoms with Crippen LogP contribution in [0, 0.1) is 0 Å². The number of hydrogen-bond donors (Lipinski definition) is 1. The molecule has 0 aromatic heterocycles. The van der Waals surface area contributed by atoms with Gasteiger partial charge in [-0.3, -0.25) is 14.5 Å². The number of ketones is 1. The molecule has 1 amide bonds. The Morgan fingerprint density at radius 2 is 1.67 bits per heavy atom. The standard InChI is InChI=1S/C34H36N2O6/c1-2-41-30-23-27(14-16-29(30)42-24-26-11-7-4-8-12-26)32-31(28(37)15-13-25-9-5-3-6-10-25)33(38)34(39)36(32)18-17-35-19-21-40-22-20-35/h3-16,23,32,38H,2,17-22,24H2,1H3/b15-13+. The van der Waals surface area contributed by atoms with E-state index >= 15 is 0 Å². The number of ether oxygens (including phenoxy) is 3. The Kier molecular flexibility index (Phi) is 9.69. The van der Waals surface area contributed by atoms with E-state index < -0.39 is 23.5 Å². The van der Waals surface area contributed by atoms with Gasteiger partial charge in [-0.05, 0) is 41.8 Å². The zero-order valence-corrected chi connectivity index (χ0v) is 23.8. The van der Waals surface area contributed by atoms with Crippen molar-refractivity contribution in [2.45, 2.75) is 19.6 Å². The summed E-state index contributed by atoms with van der Waals surface area (Å²) in [5, 5.41) is 11.0. The first-order valence-electron chi connectivity index (χ1n) is 14.3. The molecule has 3 aromatic rings. The molecule has 8 heteroatoms.